The van der Waals surface area contributed by atoms with Gasteiger partial charge in [-0.15, -0.1) is 0 Å². The Morgan fingerprint density at radius 3 is 2.52 bits per heavy atom. The molecule has 140 valence electrons. The van der Waals surface area contributed by atoms with E-state index in [0.717, 1.165) is 63.1 Å². The van der Waals surface area contributed by atoms with E-state index in [1.165, 1.54) is 38.8 Å². The Kier molecular flexibility index (Phi) is 6.00. The number of aromatic nitrogens is 2. The Labute approximate surface area is 150 Å². The largest absolute Gasteiger partial charge is 0.381 e. The molecular formula is C19H31N3O3. The van der Waals surface area contributed by atoms with Gasteiger partial charge >= 0.3 is 0 Å². The average Bonchev–Trinajstić information content (AvgIpc) is 3.35. The lowest BCUT2D eigenvalue weighted by Gasteiger charge is -2.35. The molecule has 6 nitrogen and oxygen atoms in total. The van der Waals surface area contributed by atoms with E-state index in [1.54, 1.807) is 0 Å². The minimum atomic E-state index is 0.371. The third-order valence-electron chi connectivity index (χ3n) is 6.05. The van der Waals surface area contributed by atoms with Crippen molar-refractivity contribution in [3.05, 3.63) is 11.7 Å². The summed E-state index contributed by atoms with van der Waals surface area (Å²) in [6.07, 6.45) is 11.1. The zero-order chi connectivity index (χ0) is 16.9. The number of rotatable bonds is 6. The van der Waals surface area contributed by atoms with Crippen molar-refractivity contribution >= 4 is 0 Å². The quantitative estimate of drug-likeness (QED) is 0.787. The lowest BCUT2D eigenvalue weighted by molar-refractivity contribution is -0.000508. The Morgan fingerprint density at radius 1 is 1.00 bits per heavy atom. The molecule has 3 aliphatic rings. The lowest BCUT2D eigenvalue weighted by atomic mass is 10.0. The summed E-state index contributed by atoms with van der Waals surface area (Å²) < 4.78 is 16.9. The van der Waals surface area contributed by atoms with Crippen molar-refractivity contribution in [3.8, 4) is 0 Å². The van der Waals surface area contributed by atoms with Crippen molar-refractivity contribution in [3.63, 3.8) is 0 Å². The summed E-state index contributed by atoms with van der Waals surface area (Å²) in [5, 5.41) is 4.12. The minimum Gasteiger partial charge on any atom is -0.381 e. The van der Waals surface area contributed by atoms with Crippen LogP contribution in [0.5, 0.6) is 0 Å². The van der Waals surface area contributed by atoms with E-state index >= 15 is 0 Å². The summed E-state index contributed by atoms with van der Waals surface area (Å²) in [6, 6.07) is 0.851. The van der Waals surface area contributed by atoms with Gasteiger partial charge in [0.2, 0.25) is 5.89 Å². The minimum absolute atomic E-state index is 0.371. The summed E-state index contributed by atoms with van der Waals surface area (Å²) in [6.45, 7) is 4.69. The van der Waals surface area contributed by atoms with Crippen LogP contribution in [0.15, 0.2) is 4.52 Å². The molecule has 0 atom stereocenters. The fraction of sp³-hybridized carbons (Fsp3) is 0.895. The second-order valence-corrected chi connectivity index (χ2v) is 7.73. The van der Waals surface area contributed by atoms with Gasteiger partial charge in [0.1, 0.15) is 0 Å². The van der Waals surface area contributed by atoms with Gasteiger partial charge in [0, 0.05) is 44.7 Å². The molecule has 6 heteroatoms. The molecule has 0 radical (unpaired) electrons. The zero-order valence-electron chi connectivity index (χ0n) is 15.2. The molecule has 3 heterocycles. The molecule has 0 aromatic carbocycles. The fourth-order valence-electron chi connectivity index (χ4n) is 4.47. The normalized spacial score (nSPS) is 25.0. The van der Waals surface area contributed by atoms with Crippen LogP contribution >= 0.6 is 0 Å². The smallest absolute Gasteiger partial charge is 0.229 e. The fourth-order valence-corrected chi connectivity index (χ4v) is 4.47. The van der Waals surface area contributed by atoms with Crippen LogP contribution in [-0.4, -0.2) is 60.1 Å². The SMILES string of the molecule is C1CCC(N2CCC(OCCc3noc(C4CCOCC4)n3)CC2)C1. The maximum atomic E-state index is 6.08. The first-order valence-corrected chi connectivity index (χ1v) is 10.1. The first-order valence-electron chi connectivity index (χ1n) is 10.1. The molecule has 0 spiro atoms. The molecule has 0 amide bonds. The highest BCUT2D eigenvalue weighted by Gasteiger charge is 2.27. The number of likely N-dealkylation sites (tertiary alicyclic amines) is 1. The van der Waals surface area contributed by atoms with Crippen molar-refractivity contribution in [2.24, 2.45) is 0 Å². The summed E-state index contributed by atoms with van der Waals surface area (Å²) in [4.78, 5) is 7.25. The van der Waals surface area contributed by atoms with E-state index in [9.17, 15) is 0 Å². The van der Waals surface area contributed by atoms with Crippen molar-refractivity contribution in [1.82, 2.24) is 15.0 Å². The van der Waals surface area contributed by atoms with Gasteiger partial charge in [-0.2, -0.15) is 4.98 Å². The molecule has 1 saturated carbocycles. The highest BCUT2D eigenvalue weighted by molar-refractivity contribution is 4.95. The topological polar surface area (TPSA) is 60.6 Å². The monoisotopic (exact) mass is 349 g/mol. The van der Waals surface area contributed by atoms with Gasteiger partial charge in [-0.3, -0.25) is 0 Å². The van der Waals surface area contributed by atoms with Crippen LogP contribution < -0.4 is 0 Å². The zero-order valence-corrected chi connectivity index (χ0v) is 15.2. The third-order valence-corrected chi connectivity index (χ3v) is 6.05. The second-order valence-electron chi connectivity index (χ2n) is 7.73. The van der Waals surface area contributed by atoms with Gasteiger partial charge in [-0.1, -0.05) is 18.0 Å². The molecule has 1 aromatic heterocycles. The second kappa shape index (κ2) is 8.60. The third kappa shape index (κ3) is 4.60. The number of piperidine rings is 1. The molecular weight excluding hydrogens is 318 g/mol. The van der Waals surface area contributed by atoms with Crippen LogP contribution in [0.2, 0.25) is 0 Å². The molecule has 0 bridgehead atoms. The van der Waals surface area contributed by atoms with Crippen LogP contribution in [0, 0.1) is 0 Å². The first-order chi connectivity index (χ1) is 12.4. The van der Waals surface area contributed by atoms with Crippen LogP contribution in [0.25, 0.3) is 0 Å². The van der Waals surface area contributed by atoms with E-state index in [-0.39, 0.29) is 0 Å². The highest BCUT2D eigenvalue weighted by Crippen LogP contribution is 2.27. The van der Waals surface area contributed by atoms with Gasteiger partial charge < -0.3 is 18.9 Å². The average molecular weight is 349 g/mol. The highest BCUT2D eigenvalue weighted by atomic mass is 16.5. The van der Waals surface area contributed by atoms with E-state index in [0.29, 0.717) is 18.6 Å². The van der Waals surface area contributed by atoms with E-state index in [1.807, 2.05) is 0 Å². The Hall–Kier alpha value is -0.980. The Balaban J connectivity index is 1.15. The van der Waals surface area contributed by atoms with E-state index in [4.69, 9.17) is 14.0 Å². The van der Waals surface area contributed by atoms with Crippen molar-refractivity contribution < 1.29 is 14.0 Å². The van der Waals surface area contributed by atoms with Crippen LogP contribution in [0.1, 0.15) is 69.0 Å². The molecule has 0 unspecified atom stereocenters. The van der Waals surface area contributed by atoms with Crippen molar-refractivity contribution in [2.45, 2.75) is 75.9 Å². The van der Waals surface area contributed by atoms with E-state index in [2.05, 4.69) is 15.0 Å². The van der Waals surface area contributed by atoms with Gasteiger partial charge in [0.25, 0.3) is 0 Å². The number of hydrogen-bond donors (Lipinski definition) is 0. The maximum absolute atomic E-state index is 6.08. The van der Waals surface area contributed by atoms with E-state index < -0.39 is 0 Å². The standard InChI is InChI=1S/C19H31N3O3/c1-2-4-16(3-1)22-10-5-17(6-11-22)24-14-9-18-20-19(25-21-18)15-7-12-23-13-8-15/h15-17H,1-14H2. The summed E-state index contributed by atoms with van der Waals surface area (Å²) in [5.74, 6) is 1.93. The first kappa shape index (κ1) is 17.4. The molecule has 2 aliphatic heterocycles. The maximum Gasteiger partial charge on any atom is 0.229 e. The van der Waals surface area contributed by atoms with Crippen LogP contribution in [0.3, 0.4) is 0 Å². The molecule has 1 aromatic rings. The van der Waals surface area contributed by atoms with Crippen LogP contribution in [0.4, 0.5) is 0 Å². The van der Waals surface area contributed by atoms with Gasteiger partial charge in [-0.25, -0.2) is 0 Å². The Morgan fingerprint density at radius 2 is 1.76 bits per heavy atom. The van der Waals surface area contributed by atoms with Crippen molar-refractivity contribution in [1.29, 1.82) is 0 Å². The predicted molar refractivity (Wildman–Crippen MR) is 93.6 cm³/mol. The summed E-state index contributed by atoms with van der Waals surface area (Å²) >= 11 is 0. The van der Waals surface area contributed by atoms with Crippen LogP contribution in [-0.2, 0) is 15.9 Å². The molecule has 2 saturated heterocycles. The summed E-state index contributed by atoms with van der Waals surface area (Å²) in [5.41, 5.74) is 0. The van der Waals surface area contributed by atoms with Crippen molar-refractivity contribution in [2.75, 3.05) is 32.9 Å². The molecule has 4 rings (SSSR count). The number of ether oxygens (including phenoxy) is 2. The lowest BCUT2D eigenvalue weighted by Crippen LogP contribution is -2.42. The predicted octanol–water partition coefficient (Wildman–Crippen LogP) is 2.93. The summed E-state index contributed by atoms with van der Waals surface area (Å²) in [7, 11) is 0. The Bertz CT molecular complexity index is 516. The molecule has 25 heavy (non-hydrogen) atoms. The molecule has 1 aliphatic carbocycles. The number of hydrogen-bond acceptors (Lipinski definition) is 6. The van der Waals surface area contributed by atoms with Gasteiger partial charge in [-0.05, 0) is 38.5 Å². The molecule has 3 fully saturated rings. The van der Waals surface area contributed by atoms with Gasteiger partial charge in [0.05, 0.1) is 12.7 Å². The number of nitrogens with zero attached hydrogens (tertiary/aromatic N) is 3. The van der Waals surface area contributed by atoms with Gasteiger partial charge in [0.15, 0.2) is 5.82 Å². The molecule has 0 N–H and O–H groups in total.